The van der Waals surface area contributed by atoms with E-state index >= 15 is 0 Å². The number of esters is 1. The number of hydrogen-bond donors (Lipinski definition) is 0. The van der Waals surface area contributed by atoms with Crippen LogP contribution in [0.4, 0.5) is 22.0 Å². The third-order valence-corrected chi connectivity index (χ3v) is 4.50. The molecular weight excluding hydrogens is 355 g/mol. The molecule has 2 nitrogen and oxygen atoms in total. The minimum Gasteiger partial charge on any atom is -0.461 e. The molecule has 0 heterocycles. The van der Waals surface area contributed by atoms with Crippen LogP contribution < -0.4 is 0 Å². The summed E-state index contributed by atoms with van der Waals surface area (Å²) in [6.45, 7) is 2.85. The van der Waals surface area contributed by atoms with E-state index < -0.39 is 41.0 Å². The molecule has 0 amide bonds. The molecule has 1 saturated carbocycles. The molecule has 0 radical (unpaired) electrons. The van der Waals surface area contributed by atoms with Crippen molar-refractivity contribution < 1.29 is 31.5 Å². The Morgan fingerprint density at radius 2 is 2.00 bits per heavy atom. The molecule has 0 N–H and O–H groups in total. The van der Waals surface area contributed by atoms with Crippen molar-refractivity contribution in [2.75, 3.05) is 0 Å². The molecule has 132 valence electrons. The summed E-state index contributed by atoms with van der Waals surface area (Å²) in [7, 11) is 0. The van der Waals surface area contributed by atoms with Crippen LogP contribution in [0.1, 0.15) is 19.4 Å². The van der Waals surface area contributed by atoms with Gasteiger partial charge < -0.3 is 4.74 Å². The van der Waals surface area contributed by atoms with Gasteiger partial charge in [-0.25, -0.2) is 8.78 Å². The number of carbonyl (C=O) groups is 1. The Balaban J connectivity index is 2.02. The second kappa shape index (κ2) is 6.35. The normalized spacial score (nSPS) is 23.1. The lowest BCUT2D eigenvalue weighted by Gasteiger charge is -2.07. The van der Waals surface area contributed by atoms with E-state index in [1.54, 1.807) is 13.8 Å². The molecule has 1 fully saturated rings. The van der Waals surface area contributed by atoms with Crippen molar-refractivity contribution in [3.05, 3.63) is 46.5 Å². The van der Waals surface area contributed by atoms with Crippen LogP contribution in [0.25, 0.3) is 0 Å². The predicted molar refractivity (Wildman–Crippen MR) is 77.2 cm³/mol. The van der Waals surface area contributed by atoms with Crippen molar-refractivity contribution in [3.8, 4) is 0 Å². The summed E-state index contributed by atoms with van der Waals surface area (Å²) in [6.07, 6.45) is -4.66. The molecule has 24 heavy (non-hydrogen) atoms. The number of benzene rings is 1. The molecule has 1 aliphatic carbocycles. The highest BCUT2D eigenvalue weighted by Crippen LogP contribution is 2.60. The summed E-state index contributed by atoms with van der Waals surface area (Å²) in [5, 5.41) is 0.0671. The molecule has 1 aromatic rings. The lowest BCUT2D eigenvalue weighted by Crippen LogP contribution is -2.11. The van der Waals surface area contributed by atoms with Crippen molar-refractivity contribution in [1.29, 1.82) is 0 Å². The van der Waals surface area contributed by atoms with Gasteiger partial charge in [0.15, 0.2) is 5.83 Å². The number of halogens is 6. The SMILES string of the molecule is CC1(C)C(/C=C(\F)C(F)(F)F)C1C(=O)OCc1ccc(F)cc1Cl. The monoisotopic (exact) mass is 368 g/mol. The number of ether oxygens (including phenoxy) is 1. The van der Waals surface area contributed by atoms with Gasteiger partial charge in [-0.05, 0) is 29.5 Å². The van der Waals surface area contributed by atoms with Gasteiger partial charge in [-0.15, -0.1) is 0 Å². The smallest absolute Gasteiger partial charge is 0.442 e. The van der Waals surface area contributed by atoms with Crippen LogP contribution >= 0.6 is 11.6 Å². The second-order valence-corrected chi connectivity index (χ2v) is 6.59. The Morgan fingerprint density at radius 3 is 2.54 bits per heavy atom. The standard InChI is InChI=1S/C16H14ClF5O2/c1-15(2)10(6-12(19)16(20,21)22)13(15)14(23)24-7-8-3-4-9(18)5-11(8)17/h3-6,10,13H,7H2,1-2H3/b12-6-. The second-order valence-electron chi connectivity index (χ2n) is 6.18. The maximum Gasteiger partial charge on any atom is 0.442 e. The highest BCUT2D eigenvalue weighted by atomic mass is 35.5. The fourth-order valence-corrected chi connectivity index (χ4v) is 2.79. The Hall–Kier alpha value is -1.63. The van der Waals surface area contributed by atoms with Gasteiger partial charge in [0.25, 0.3) is 0 Å². The maximum absolute atomic E-state index is 13.1. The number of carbonyl (C=O) groups excluding carboxylic acids is 1. The van der Waals surface area contributed by atoms with Crippen molar-refractivity contribution in [2.24, 2.45) is 17.3 Å². The summed E-state index contributed by atoms with van der Waals surface area (Å²) >= 11 is 5.80. The quantitative estimate of drug-likeness (QED) is 0.538. The van der Waals surface area contributed by atoms with Crippen LogP contribution in [0.3, 0.4) is 0 Å². The molecule has 1 aliphatic rings. The Kier molecular flexibility index (Phi) is 4.95. The zero-order valence-corrected chi connectivity index (χ0v) is 13.5. The van der Waals surface area contributed by atoms with Gasteiger partial charge in [-0.3, -0.25) is 4.79 Å². The molecule has 0 aromatic heterocycles. The molecule has 8 heteroatoms. The van der Waals surface area contributed by atoms with Crippen LogP contribution in [0.5, 0.6) is 0 Å². The molecule has 2 rings (SSSR count). The largest absolute Gasteiger partial charge is 0.461 e. The lowest BCUT2D eigenvalue weighted by atomic mass is 10.1. The Bertz CT molecular complexity index is 682. The number of alkyl halides is 3. The summed E-state index contributed by atoms with van der Waals surface area (Å²) in [6, 6.07) is 3.53. The van der Waals surface area contributed by atoms with Crippen LogP contribution in [0.15, 0.2) is 30.1 Å². The fraction of sp³-hybridized carbons (Fsp3) is 0.438. The van der Waals surface area contributed by atoms with Gasteiger partial charge in [0.1, 0.15) is 12.4 Å². The van der Waals surface area contributed by atoms with Crippen LogP contribution in [0.2, 0.25) is 5.02 Å². The van der Waals surface area contributed by atoms with Crippen molar-refractivity contribution >= 4 is 17.6 Å². The van der Waals surface area contributed by atoms with Gasteiger partial charge in [0, 0.05) is 5.56 Å². The van der Waals surface area contributed by atoms with E-state index in [0.717, 1.165) is 12.1 Å². The predicted octanol–water partition coefficient (Wildman–Crippen LogP) is 5.21. The summed E-state index contributed by atoms with van der Waals surface area (Å²) in [5.41, 5.74) is -0.481. The van der Waals surface area contributed by atoms with E-state index in [1.807, 2.05) is 0 Å². The number of allylic oxidation sites excluding steroid dienone is 2. The molecular formula is C16H14ClF5O2. The highest BCUT2D eigenvalue weighted by molar-refractivity contribution is 6.31. The van der Waals surface area contributed by atoms with Crippen LogP contribution in [-0.4, -0.2) is 12.1 Å². The minimum absolute atomic E-state index is 0.0671. The lowest BCUT2D eigenvalue weighted by molar-refractivity contribution is -0.147. The van der Waals surface area contributed by atoms with Crippen LogP contribution in [0, 0.1) is 23.1 Å². The summed E-state index contributed by atoms with van der Waals surface area (Å²) < 4.78 is 67.8. The first-order chi connectivity index (χ1) is 10.9. The molecule has 0 spiro atoms. The van der Waals surface area contributed by atoms with Crippen molar-refractivity contribution in [3.63, 3.8) is 0 Å². The van der Waals surface area contributed by atoms with Crippen molar-refractivity contribution in [2.45, 2.75) is 26.6 Å². The van der Waals surface area contributed by atoms with Crippen LogP contribution in [-0.2, 0) is 16.1 Å². The van der Waals surface area contributed by atoms with E-state index in [4.69, 9.17) is 16.3 Å². The van der Waals surface area contributed by atoms with Gasteiger partial charge in [0.2, 0.25) is 0 Å². The minimum atomic E-state index is -5.07. The van der Waals surface area contributed by atoms with E-state index in [2.05, 4.69) is 0 Å². The molecule has 2 unspecified atom stereocenters. The molecule has 0 saturated heterocycles. The summed E-state index contributed by atoms with van der Waals surface area (Å²) in [4.78, 5) is 12.0. The van der Waals surface area contributed by atoms with Gasteiger partial charge >= 0.3 is 12.1 Å². The number of hydrogen-bond acceptors (Lipinski definition) is 2. The zero-order valence-electron chi connectivity index (χ0n) is 12.8. The average molecular weight is 369 g/mol. The van der Waals surface area contributed by atoms with E-state index in [0.29, 0.717) is 11.6 Å². The first kappa shape index (κ1) is 18.7. The van der Waals surface area contributed by atoms with Gasteiger partial charge in [-0.1, -0.05) is 31.5 Å². The van der Waals surface area contributed by atoms with E-state index in [1.165, 1.54) is 6.07 Å². The Labute approximate surface area is 140 Å². The zero-order chi connectivity index (χ0) is 18.3. The van der Waals surface area contributed by atoms with E-state index in [-0.39, 0.29) is 11.6 Å². The topological polar surface area (TPSA) is 26.3 Å². The third-order valence-electron chi connectivity index (χ3n) is 4.15. The fourth-order valence-electron chi connectivity index (χ4n) is 2.57. The van der Waals surface area contributed by atoms with Crippen molar-refractivity contribution in [1.82, 2.24) is 0 Å². The first-order valence-corrected chi connectivity index (χ1v) is 7.37. The van der Waals surface area contributed by atoms with E-state index in [9.17, 15) is 26.7 Å². The van der Waals surface area contributed by atoms with Gasteiger partial charge in [-0.2, -0.15) is 13.2 Å². The molecule has 2 atom stereocenters. The third kappa shape index (κ3) is 3.88. The first-order valence-electron chi connectivity index (χ1n) is 6.99. The summed E-state index contributed by atoms with van der Waals surface area (Å²) in [5.74, 6) is -5.32. The number of rotatable bonds is 4. The Morgan fingerprint density at radius 1 is 1.38 bits per heavy atom. The van der Waals surface area contributed by atoms with Gasteiger partial charge in [0.05, 0.1) is 10.9 Å². The maximum atomic E-state index is 13.1. The average Bonchev–Trinajstić information content (AvgIpc) is 2.97. The molecule has 0 bridgehead atoms. The highest BCUT2D eigenvalue weighted by Gasteiger charge is 2.62. The molecule has 0 aliphatic heterocycles. The molecule has 1 aromatic carbocycles.